The van der Waals surface area contributed by atoms with Crippen LogP contribution in [0.5, 0.6) is 0 Å². The maximum Gasteiger partial charge on any atom is 0.314 e. The van der Waals surface area contributed by atoms with Gasteiger partial charge < -0.3 is 19.1 Å². The molecule has 2 heterocycles. The summed E-state index contributed by atoms with van der Waals surface area (Å²) in [5.74, 6) is -2.11. The molecule has 1 aliphatic heterocycles. The van der Waals surface area contributed by atoms with Crippen LogP contribution in [0.15, 0.2) is 65.1 Å². The molecule has 0 saturated carbocycles. The van der Waals surface area contributed by atoms with Crippen LogP contribution in [0, 0.1) is 11.6 Å². The number of amides is 1. The highest BCUT2D eigenvalue weighted by molar-refractivity contribution is 5.87. The molecular formula is C30H29F4N5O2. The van der Waals surface area contributed by atoms with E-state index in [0.717, 1.165) is 37.7 Å². The summed E-state index contributed by atoms with van der Waals surface area (Å²) >= 11 is 0. The minimum Gasteiger partial charge on any atom is -0.415 e. The van der Waals surface area contributed by atoms with E-state index in [4.69, 9.17) is 4.42 Å². The molecule has 4 aromatic rings. The van der Waals surface area contributed by atoms with Gasteiger partial charge >= 0.3 is 6.43 Å². The number of rotatable bonds is 9. The summed E-state index contributed by atoms with van der Waals surface area (Å²) in [6.07, 6.45) is -0.481. The number of hydrogen-bond donors (Lipinski definition) is 0. The third-order valence-corrected chi connectivity index (χ3v) is 7.48. The highest BCUT2D eigenvalue weighted by Crippen LogP contribution is 2.37. The highest BCUT2D eigenvalue weighted by atomic mass is 19.3. The zero-order chi connectivity index (χ0) is 29.1. The van der Waals surface area contributed by atoms with Gasteiger partial charge in [-0.15, -0.1) is 10.2 Å². The van der Waals surface area contributed by atoms with Gasteiger partial charge in [0.15, 0.2) is 0 Å². The van der Waals surface area contributed by atoms with Gasteiger partial charge in [-0.25, -0.2) is 8.78 Å². The second-order valence-electron chi connectivity index (χ2n) is 10.1. The molecular weight excluding hydrogens is 538 g/mol. The first kappa shape index (κ1) is 28.3. The molecule has 1 amide bonds. The normalized spacial score (nSPS) is 14.4. The minimum atomic E-state index is -2.94. The molecule has 7 nitrogen and oxygen atoms in total. The van der Waals surface area contributed by atoms with Crippen LogP contribution in [-0.4, -0.2) is 54.7 Å². The van der Waals surface area contributed by atoms with Gasteiger partial charge in [-0.2, -0.15) is 8.78 Å². The number of anilines is 2. The first-order valence-corrected chi connectivity index (χ1v) is 13.2. The molecule has 1 aliphatic rings. The molecule has 0 unspecified atom stereocenters. The van der Waals surface area contributed by atoms with Gasteiger partial charge in [0.2, 0.25) is 12.3 Å². The Morgan fingerprint density at radius 1 is 0.976 bits per heavy atom. The first-order valence-electron chi connectivity index (χ1n) is 13.2. The second-order valence-corrected chi connectivity index (χ2v) is 10.1. The minimum absolute atomic E-state index is 0.102. The maximum absolute atomic E-state index is 15.2. The van der Waals surface area contributed by atoms with Gasteiger partial charge in [0.25, 0.3) is 5.89 Å². The Hall–Kier alpha value is -4.25. The lowest BCUT2D eigenvalue weighted by molar-refractivity contribution is -0.107. The van der Waals surface area contributed by atoms with Gasteiger partial charge in [0.05, 0.1) is 17.9 Å². The molecule has 0 bridgehead atoms. The number of aromatic nitrogens is 2. The molecule has 0 atom stereocenters. The Morgan fingerprint density at radius 3 is 2.37 bits per heavy atom. The molecule has 0 N–H and O–H groups in total. The third-order valence-electron chi connectivity index (χ3n) is 7.48. The van der Waals surface area contributed by atoms with E-state index in [1.165, 1.54) is 23.1 Å². The average molecular weight is 568 g/mol. The Morgan fingerprint density at radius 2 is 1.71 bits per heavy atom. The third kappa shape index (κ3) is 6.09. The van der Waals surface area contributed by atoms with Crippen LogP contribution in [0.2, 0.25) is 0 Å². The van der Waals surface area contributed by atoms with E-state index >= 15 is 4.39 Å². The number of alkyl halides is 2. The Labute approximate surface area is 235 Å². The number of carbonyl (C=O) groups excluding carboxylic acids is 1. The molecule has 0 radical (unpaired) electrons. The van der Waals surface area contributed by atoms with E-state index in [1.54, 1.807) is 30.3 Å². The van der Waals surface area contributed by atoms with E-state index in [1.807, 2.05) is 13.1 Å². The number of piperidine rings is 1. The molecule has 214 valence electrons. The number of halogens is 4. The molecule has 1 aromatic heterocycles. The van der Waals surface area contributed by atoms with Crippen molar-refractivity contribution in [1.82, 2.24) is 15.1 Å². The second kappa shape index (κ2) is 12.1. The lowest BCUT2D eigenvalue weighted by Crippen LogP contribution is -2.42. The molecule has 3 aromatic carbocycles. The van der Waals surface area contributed by atoms with E-state index in [2.05, 4.69) is 27.0 Å². The van der Waals surface area contributed by atoms with Crippen molar-refractivity contribution in [3.05, 3.63) is 83.8 Å². The summed E-state index contributed by atoms with van der Waals surface area (Å²) in [5, 5.41) is 6.83. The quantitative estimate of drug-likeness (QED) is 0.174. The summed E-state index contributed by atoms with van der Waals surface area (Å²) < 4.78 is 60.4. The smallest absolute Gasteiger partial charge is 0.314 e. The number of benzene rings is 3. The Bertz CT molecular complexity index is 1520. The van der Waals surface area contributed by atoms with Crippen LogP contribution in [-0.2, 0) is 11.3 Å². The Kier molecular flexibility index (Phi) is 8.34. The fraction of sp³-hybridized carbons (Fsp3) is 0.300. The molecule has 5 rings (SSSR count). The number of likely N-dealkylation sites (tertiary alicyclic amines) is 1. The molecule has 1 saturated heterocycles. The van der Waals surface area contributed by atoms with Crippen molar-refractivity contribution in [1.29, 1.82) is 0 Å². The van der Waals surface area contributed by atoms with Crippen molar-refractivity contribution < 1.29 is 26.8 Å². The molecule has 1 fully saturated rings. The monoisotopic (exact) mass is 567 g/mol. The summed E-state index contributed by atoms with van der Waals surface area (Å²) in [4.78, 5) is 18.2. The topological polar surface area (TPSA) is 65.7 Å². The van der Waals surface area contributed by atoms with Crippen molar-refractivity contribution in [2.24, 2.45) is 0 Å². The van der Waals surface area contributed by atoms with Gasteiger partial charge in [-0.1, -0.05) is 30.3 Å². The summed E-state index contributed by atoms with van der Waals surface area (Å²) in [6.45, 7) is 1.74. The predicted molar refractivity (Wildman–Crippen MR) is 148 cm³/mol. The van der Waals surface area contributed by atoms with E-state index in [9.17, 15) is 18.0 Å². The fourth-order valence-electron chi connectivity index (χ4n) is 5.10. The summed E-state index contributed by atoms with van der Waals surface area (Å²) in [7, 11) is 4.03. The number of hydrogen-bond acceptors (Lipinski definition) is 6. The number of carbonyl (C=O) groups is 1. The zero-order valence-electron chi connectivity index (χ0n) is 22.6. The van der Waals surface area contributed by atoms with Gasteiger partial charge in [-0.05, 0) is 68.9 Å². The standard InChI is InChI=1S/C30H29F4N5O2/c1-37-13-11-22(12-14-37)38(2)27-16-19(23-5-3-4-6-24(23)31)9-10-26(27)39(18-40)17-21-8-7-20(15-25(21)32)29-35-36-30(41-29)28(33)34/h3-10,15-16,18,22,28H,11-14,17H2,1-2H3. The zero-order valence-corrected chi connectivity index (χ0v) is 22.6. The van der Waals surface area contributed by atoms with Crippen LogP contribution < -0.4 is 9.80 Å². The molecule has 0 spiro atoms. The van der Waals surface area contributed by atoms with Crippen molar-refractivity contribution >= 4 is 17.8 Å². The highest BCUT2D eigenvalue weighted by Gasteiger charge is 2.25. The molecule has 41 heavy (non-hydrogen) atoms. The number of nitrogens with zero attached hydrogens (tertiary/aromatic N) is 5. The van der Waals surface area contributed by atoms with Crippen molar-refractivity contribution in [3.63, 3.8) is 0 Å². The van der Waals surface area contributed by atoms with Crippen molar-refractivity contribution in [3.8, 4) is 22.6 Å². The maximum atomic E-state index is 15.2. The molecule has 11 heteroatoms. The van der Waals surface area contributed by atoms with Crippen LogP contribution in [0.1, 0.15) is 30.7 Å². The van der Waals surface area contributed by atoms with E-state index in [-0.39, 0.29) is 35.4 Å². The Balaban J connectivity index is 1.48. The molecule has 0 aliphatic carbocycles. The van der Waals surface area contributed by atoms with Gasteiger partial charge in [-0.3, -0.25) is 4.79 Å². The lowest BCUT2D eigenvalue weighted by Gasteiger charge is -2.38. The summed E-state index contributed by atoms with van der Waals surface area (Å²) in [5.41, 5.74) is 2.69. The first-order chi connectivity index (χ1) is 19.7. The van der Waals surface area contributed by atoms with E-state index in [0.29, 0.717) is 23.2 Å². The van der Waals surface area contributed by atoms with Crippen LogP contribution in [0.3, 0.4) is 0 Å². The van der Waals surface area contributed by atoms with Crippen LogP contribution in [0.4, 0.5) is 28.9 Å². The van der Waals surface area contributed by atoms with Crippen molar-refractivity contribution in [2.75, 3.05) is 37.0 Å². The van der Waals surface area contributed by atoms with Gasteiger partial charge in [0, 0.05) is 29.8 Å². The average Bonchev–Trinajstić information content (AvgIpc) is 3.48. The predicted octanol–water partition coefficient (Wildman–Crippen LogP) is 6.31. The van der Waals surface area contributed by atoms with Gasteiger partial charge in [0.1, 0.15) is 11.6 Å². The summed E-state index contributed by atoms with van der Waals surface area (Å²) in [6, 6.07) is 16.0. The SMILES string of the molecule is CN1CCC(N(C)c2cc(-c3ccccc3F)ccc2N(C=O)Cc2ccc(-c3nnc(C(F)F)o3)cc2F)CC1. The largest absolute Gasteiger partial charge is 0.415 e. The van der Waals surface area contributed by atoms with Crippen molar-refractivity contribution in [2.45, 2.75) is 31.9 Å². The fourth-order valence-corrected chi connectivity index (χ4v) is 5.10. The van der Waals surface area contributed by atoms with E-state index < -0.39 is 18.1 Å². The van der Waals surface area contributed by atoms with Crippen LogP contribution >= 0.6 is 0 Å². The van der Waals surface area contributed by atoms with Crippen LogP contribution in [0.25, 0.3) is 22.6 Å². The lowest BCUT2D eigenvalue weighted by atomic mass is 9.99.